The number of benzene rings is 2. The second-order valence-electron chi connectivity index (χ2n) is 6.09. The molecule has 102 valence electrons. The molecule has 1 N–H and O–H groups in total. The summed E-state index contributed by atoms with van der Waals surface area (Å²) in [5, 5.41) is 6.21. The van der Waals surface area contributed by atoms with Crippen LogP contribution >= 0.6 is 0 Å². The molecule has 0 aliphatic heterocycles. The fourth-order valence-electron chi connectivity index (χ4n) is 2.78. The maximum Gasteiger partial charge on any atom is 0.0346 e. The van der Waals surface area contributed by atoms with Crippen LogP contribution in [0.5, 0.6) is 0 Å². The van der Waals surface area contributed by atoms with Crippen molar-refractivity contribution < 1.29 is 0 Å². The van der Waals surface area contributed by atoms with E-state index in [1.165, 1.54) is 16.5 Å². The van der Waals surface area contributed by atoms with Gasteiger partial charge in [0.1, 0.15) is 0 Å². The fraction of sp³-hybridized carbons (Fsp3) is 0.444. The van der Waals surface area contributed by atoms with E-state index in [0.29, 0.717) is 17.8 Å². The summed E-state index contributed by atoms with van der Waals surface area (Å²) in [5.41, 5.74) is 1.23. The average molecular weight is 255 g/mol. The van der Waals surface area contributed by atoms with Gasteiger partial charge in [0.25, 0.3) is 0 Å². The second kappa shape index (κ2) is 6.10. The fourth-order valence-corrected chi connectivity index (χ4v) is 2.78. The maximum absolute atomic E-state index is 3.60. The first-order chi connectivity index (χ1) is 9.08. The Labute approximate surface area is 117 Å². The zero-order chi connectivity index (χ0) is 13.8. The molecule has 2 aromatic carbocycles. The molecule has 0 unspecified atom stereocenters. The Hall–Kier alpha value is -1.50. The summed E-state index contributed by atoms with van der Waals surface area (Å²) >= 11 is 0. The SMILES string of the molecule is CC(C)C(CNc1ccc2ccccc2c1)C(C)C. The predicted octanol–water partition coefficient (Wildman–Crippen LogP) is 5.18. The third-order valence-electron chi connectivity index (χ3n) is 4.00. The van der Waals surface area contributed by atoms with E-state index in [1.54, 1.807) is 0 Å². The molecule has 0 saturated heterocycles. The molecule has 1 heteroatoms. The predicted molar refractivity (Wildman–Crippen MR) is 85.6 cm³/mol. The van der Waals surface area contributed by atoms with Crippen LogP contribution < -0.4 is 5.32 Å². The highest BCUT2D eigenvalue weighted by atomic mass is 14.9. The van der Waals surface area contributed by atoms with Gasteiger partial charge in [-0.1, -0.05) is 58.0 Å². The lowest BCUT2D eigenvalue weighted by atomic mass is 9.85. The minimum Gasteiger partial charge on any atom is -0.385 e. The smallest absolute Gasteiger partial charge is 0.0346 e. The third-order valence-corrected chi connectivity index (χ3v) is 4.00. The molecule has 0 aromatic heterocycles. The minimum absolute atomic E-state index is 0.714. The Morgan fingerprint density at radius 2 is 1.47 bits per heavy atom. The lowest BCUT2D eigenvalue weighted by Gasteiger charge is -2.25. The van der Waals surface area contributed by atoms with Crippen molar-refractivity contribution >= 4 is 16.5 Å². The largest absolute Gasteiger partial charge is 0.385 e. The van der Waals surface area contributed by atoms with Crippen molar-refractivity contribution in [1.29, 1.82) is 0 Å². The van der Waals surface area contributed by atoms with Crippen LogP contribution in [0.4, 0.5) is 5.69 Å². The van der Waals surface area contributed by atoms with Crippen molar-refractivity contribution in [3.05, 3.63) is 42.5 Å². The van der Waals surface area contributed by atoms with Crippen LogP contribution in [-0.4, -0.2) is 6.54 Å². The molecule has 2 aromatic rings. The number of rotatable bonds is 5. The van der Waals surface area contributed by atoms with Gasteiger partial charge in [-0.05, 0) is 40.7 Å². The molecule has 0 fully saturated rings. The van der Waals surface area contributed by atoms with E-state index in [9.17, 15) is 0 Å². The molecule has 1 nitrogen and oxygen atoms in total. The van der Waals surface area contributed by atoms with Gasteiger partial charge in [-0.15, -0.1) is 0 Å². The molecule has 2 rings (SSSR count). The zero-order valence-corrected chi connectivity index (χ0v) is 12.5. The van der Waals surface area contributed by atoms with Crippen LogP contribution in [0.25, 0.3) is 10.8 Å². The van der Waals surface area contributed by atoms with Crippen LogP contribution in [0.2, 0.25) is 0 Å². The normalized spacial score (nSPS) is 11.7. The van der Waals surface area contributed by atoms with Gasteiger partial charge in [0, 0.05) is 12.2 Å². The van der Waals surface area contributed by atoms with Gasteiger partial charge < -0.3 is 5.32 Å². The summed E-state index contributed by atoms with van der Waals surface area (Å²) < 4.78 is 0. The van der Waals surface area contributed by atoms with Gasteiger partial charge in [-0.3, -0.25) is 0 Å². The van der Waals surface area contributed by atoms with E-state index in [0.717, 1.165) is 6.54 Å². The molecule has 0 aliphatic carbocycles. The van der Waals surface area contributed by atoms with E-state index in [2.05, 4.69) is 75.5 Å². The van der Waals surface area contributed by atoms with E-state index in [4.69, 9.17) is 0 Å². The number of hydrogen-bond donors (Lipinski definition) is 1. The topological polar surface area (TPSA) is 12.0 Å². The summed E-state index contributed by atoms with van der Waals surface area (Å²) in [6.07, 6.45) is 0. The molecule has 19 heavy (non-hydrogen) atoms. The Morgan fingerprint density at radius 3 is 2.11 bits per heavy atom. The van der Waals surface area contributed by atoms with Crippen LogP contribution in [0.1, 0.15) is 27.7 Å². The Balaban J connectivity index is 2.09. The van der Waals surface area contributed by atoms with Crippen molar-refractivity contribution in [2.45, 2.75) is 27.7 Å². The first kappa shape index (κ1) is 13.9. The summed E-state index contributed by atoms with van der Waals surface area (Å²) in [5.74, 6) is 2.15. The Kier molecular flexibility index (Phi) is 4.47. The van der Waals surface area contributed by atoms with E-state index in [1.807, 2.05) is 0 Å². The number of hydrogen-bond acceptors (Lipinski definition) is 1. The van der Waals surface area contributed by atoms with Crippen molar-refractivity contribution in [3.63, 3.8) is 0 Å². The first-order valence-corrected chi connectivity index (χ1v) is 7.30. The van der Waals surface area contributed by atoms with Crippen LogP contribution in [0.15, 0.2) is 42.5 Å². The quantitative estimate of drug-likeness (QED) is 0.776. The van der Waals surface area contributed by atoms with Crippen molar-refractivity contribution in [2.24, 2.45) is 17.8 Å². The second-order valence-corrected chi connectivity index (χ2v) is 6.09. The lowest BCUT2D eigenvalue weighted by molar-refractivity contribution is 0.304. The van der Waals surface area contributed by atoms with Gasteiger partial charge in [-0.25, -0.2) is 0 Å². The highest BCUT2D eigenvalue weighted by molar-refractivity contribution is 5.85. The average Bonchev–Trinajstić information content (AvgIpc) is 2.38. The van der Waals surface area contributed by atoms with E-state index >= 15 is 0 Å². The molecule has 0 amide bonds. The summed E-state index contributed by atoms with van der Waals surface area (Å²) in [6.45, 7) is 10.3. The van der Waals surface area contributed by atoms with E-state index < -0.39 is 0 Å². The molecule has 0 atom stereocenters. The zero-order valence-electron chi connectivity index (χ0n) is 12.5. The van der Waals surface area contributed by atoms with Gasteiger partial charge in [0.2, 0.25) is 0 Å². The number of anilines is 1. The van der Waals surface area contributed by atoms with Crippen LogP contribution in [-0.2, 0) is 0 Å². The van der Waals surface area contributed by atoms with Crippen LogP contribution in [0.3, 0.4) is 0 Å². The van der Waals surface area contributed by atoms with E-state index in [-0.39, 0.29) is 0 Å². The molecule has 0 heterocycles. The number of nitrogens with one attached hydrogen (secondary N) is 1. The molecular weight excluding hydrogens is 230 g/mol. The summed E-state index contributed by atoms with van der Waals surface area (Å²) in [4.78, 5) is 0. The monoisotopic (exact) mass is 255 g/mol. The highest BCUT2D eigenvalue weighted by Crippen LogP contribution is 2.23. The van der Waals surface area contributed by atoms with Crippen LogP contribution in [0, 0.1) is 17.8 Å². The molecule has 0 bridgehead atoms. The molecule has 0 spiro atoms. The summed E-state index contributed by atoms with van der Waals surface area (Å²) in [7, 11) is 0. The standard InChI is InChI=1S/C18H25N/c1-13(2)18(14(3)4)12-19-17-10-9-15-7-5-6-8-16(15)11-17/h5-11,13-14,18-19H,12H2,1-4H3. The number of fused-ring (bicyclic) bond motifs is 1. The lowest BCUT2D eigenvalue weighted by Crippen LogP contribution is -2.24. The molecule has 0 aliphatic rings. The highest BCUT2D eigenvalue weighted by Gasteiger charge is 2.16. The molecule has 0 saturated carbocycles. The maximum atomic E-state index is 3.60. The van der Waals surface area contributed by atoms with Crippen molar-refractivity contribution in [2.75, 3.05) is 11.9 Å². The Bertz CT molecular complexity index is 520. The van der Waals surface area contributed by atoms with Gasteiger partial charge in [0.05, 0.1) is 0 Å². The van der Waals surface area contributed by atoms with Gasteiger partial charge in [0.15, 0.2) is 0 Å². The minimum atomic E-state index is 0.714. The van der Waals surface area contributed by atoms with Crippen molar-refractivity contribution in [3.8, 4) is 0 Å². The van der Waals surface area contributed by atoms with Crippen molar-refractivity contribution in [1.82, 2.24) is 0 Å². The molecular formula is C18H25N. The first-order valence-electron chi connectivity index (χ1n) is 7.30. The van der Waals surface area contributed by atoms with Gasteiger partial charge in [-0.2, -0.15) is 0 Å². The summed E-state index contributed by atoms with van der Waals surface area (Å²) in [6, 6.07) is 15.1. The molecule has 0 radical (unpaired) electrons. The van der Waals surface area contributed by atoms with Gasteiger partial charge >= 0.3 is 0 Å². The Morgan fingerprint density at radius 1 is 0.842 bits per heavy atom. The third kappa shape index (κ3) is 3.50.